The monoisotopic (exact) mass is 561 g/mol. The normalized spacial score (nSPS) is 11.9. The van der Waals surface area contributed by atoms with E-state index in [1.54, 1.807) is 23.9 Å². The van der Waals surface area contributed by atoms with Crippen molar-refractivity contribution in [2.24, 2.45) is 12.0 Å². The summed E-state index contributed by atoms with van der Waals surface area (Å²) in [6.45, 7) is 2.48. The zero-order valence-corrected chi connectivity index (χ0v) is 22.9. The second-order valence-corrected chi connectivity index (χ2v) is 10.0. The molecule has 0 aliphatic rings. The number of aliphatic imine (C=N–C) groups is 1. The van der Waals surface area contributed by atoms with Gasteiger partial charge in [0.1, 0.15) is 17.0 Å². The molecule has 0 unspecified atom stereocenters. The second kappa shape index (κ2) is 11.1. The SMILES string of the molecule is COc1cccc(C)c1CC(=S)CN=Cc1ccc2c(ccc3c(-c4ccc(OC(F)(F)F)cc4)n(C)nc32)c1. The van der Waals surface area contributed by atoms with Crippen LogP contribution in [0.15, 0.2) is 77.8 Å². The number of halogens is 3. The van der Waals surface area contributed by atoms with Crippen LogP contribution in [0.1, 0.15) is 16.7 Å². The van der Waals surface area contributed by atoms with Crippen LogP contribution in [0.4, 0.5) is 13.2 Å². The van der Waals surface area contributed by atoms with Gasteiger partial charge in [0.2, 0.25) is 0 Å². The molecule has 0 radical (unpaired) electrons. The summed E-state index contributed by atoms with van der Waals surface area (Å²) >= 11 is 5.60. The Hall–Kier alpha value is -4.24. The van der Waals surface area contributed by atoms with Crippen molar-refractivity contribution < 1.29 is 22.6 Å². The molecule has 0 fully saturated rings. The lowest BCUT2D eigenvalue weighted by Gasteiger charge is -2.11. The van der Waals surface area contributed by atoms with Gasteiger partial charge in [0.05, 0.1) is 19.3 Å². The highest BCUT2D eigenvalue weighted by atomic mass is 32.1. The first kappa shape index (κ1) is 27.3. The van der Waals surface area contributed by atoms with Crippen molar-refractivity contribution in [2.45, 2.75) is 19.7 Å². The molecule has 0 atom stereocenters. The van der Waals surface area contributed by atoms with Crippen molar-refractivity contribution in [3.63, 3.8) is 0 Å². The number of ether oxygens (including phenoxy) is 2. The first-order valence-electron chi connectivity index (χ1n) is 12.5. The summed E-state index contributed by atoms with van der Waals surface area (Å²) < 4.78 is 48.8. The summed E-state index contributed by atoms with van der Waals surface area (Å²) in [5, 5.41) is 7.59. The predicted molar refractivity (Wildman–Crippen MR) is 157 cm³/mol. The van der Waals surface area contributed by atoms with Crippen LogP contribution < -0.4 is 9.47 Å². The molecule has 0 saturated carbocycles. The summed E-state index contributed by atoms with van der Waals surface area (Å²) in [5.41, 5.74) is 5.51. The Kier molecular flexibility index (Phi) is 7.58. The molecule has 0 aliphatic heterocycles. The molecule has 5 aromatic rings. The molecule has 1 aromatic heterocycles. The van der Waals surface area contributed by atoms with Gasteiger partial charge in [-0.3, -0.25) is 9.67 Å². The summed E-state index contributed by atoms with van der Waals surface area (Å²) in [6.07, 6.45) is -2.29. The van der Waals surface area contributed by atoms with E-state index in [1.807, 2.05) is 68.7 Å². The Labute approximate surface area is 234 Å². The summed E-state index contributed by atoms with van der Waals surface area (Å²) in [7, 11) is 3.48. The second-order valence-electron chi connectivity index (χ2n) is 9.43. The molecule has 0 saturated heterocycles. The van der Waals surface area contributed by atoms with E-state index in [1.165, 1.54) is 12.1 Å². The molecule has 0 aliphatic carbocycles. The van der Waals surface area contributed by atoms with Crippen LogP contribution in [0.2, 0.25) is 0 Å². The zero-order valence-electron chi connectivity index (χ0n) is 22.1. The van der Waals surface area contributed by atoms with Gasteiger partial charge in [-0.2, -0.15) is 5.10 Å². The van der Waals surface area contributed by atoms with Crippen LogP contribution in [0.3, 0.4) is 0 Å². The van der Waals surface area contributed by atoms with Crippen molar-refractivity contribution in [2.75, 3.05) is 13.7 Å². The first-order valence-corrected chi connectivity index (χ1v) is 12.9. The third-order valence-corrected chi connectivity index (χ3v) is 6.95. The Morgan fingerprint density at radius 2 is 1.77 bits per heavy atom. The number of methoxy groups -OCH3 is 1. The fraction of sp³-hybridized carbons (Fsp3) is 0.194. The first-order chi connectivity index (χ1) is 19.1. The maximum atomic E-state index is 12.5. The van der Waals surface area contributed by atoms with E-state index in [9.17, 15) is 13.2 Å². The number of fused-ring (bicyclic) bond motifs is 3. The van der Waals surface area contributed by atoms with E-state index in [0.717, 1.165) is 60.2 Å². The number of aryl methyl sites for hydroxylation is 2. The fourth-order valence-electron chi connectivity index (χ4n) is 4.84. The Morgan fingerprint density at radius 3 is 2.50 bits per heavy atom. The number of alkyl halides is 3. The van der Waals surface area contributed by atoms with Gasteiger partial charge < -0.3 is 9.47 Å². The van der Waals surface area contributed by atoms with E-state index >= 15 is 0 Å². The highest BCUT2D eigenvalue weighted by Gasteiger charge is 2.31. The largest absolute Gasteiger partial charge is 0.573 e. The quantitative estimate of drug-likeness (QED) is 0.144. The van der Waals surface area contributed by atoms with Crippen molar-refractivity contribution in [3.8, 4) is 22.8 Å². The Morgan fingerprint density at radius 1 is 1.02 bits per heavy atom. The van der Waals surface area contributed by atoms with Gasteiger partial charge in [0.15, 0.2) is 0 Å². The molecule has 5 rings (SSSR count). The highest BCUT2D eigenvalue weighted by Crippen LogP contribution is 2.34. The maximum absolute atomic E-state index is 12.5. The number of nitrogens with zero attached hydrogens (tertiary/aromatic N) is 3. The van der Waals surface area contributed by atoms with E-state index < -0.39 is 6.36 Å². The fourth-order valence-corrected chi connectivity index (χ4v) is 5.06. The number of aromatic nitrogens is 2. The van der Waals surface area contributed by atoms with Crippen LogP contribution in [-0.2, 0) is 13.5 Å². The summed E-state index contributed by atoms with van der Waals surface area (Å²) in [5.74, 6) is 0.565. The van der Waals surface area contributed by atoms with Gasteiger partial charge in [0.25, 0.3) is 0 Å². The van der Waals surface area contributed by atoms with Crippen molar-refractivity contribution in [1.82, 2.24) is 9.78 Å². The van der Waals surface area contributed by atoms with Gasteiger partial charge in [0, 0.05) is 46.4 Å². The lowest BCUT2D eigenvalue weighted by Crippen LogP contribution is -2.16. The third kappa shape index (κ3) is 5.84. The van der Waals surface area contributed by atoms with E-state index in [0.29, 0.717) is 13.0 Å². The topological polar surface area (TPSA) is 48.6 Å². The van der Waals surface area contributed by atoms with Crippen LogP contribution in [-0.4, -0.2) is 40.9 Å². The van der Waals surface area contributed by atoms with Crippen molar-refractivity contribution in [1.29, 1.82) is 0 Å². The third-order valence-electron chi connectivity index (χ3n) is 6.67. The predicted octanol–water partition coefficient (Wildman–Crippen LogP) is 7.64. The molecule has 0 N–H and O–H groups in total. The van der Waals surface area contributed by atoms with Crippen LogP contribution in [0.25, 0.3) is 32.9 Å². The van der Waals surface area contributed by atoms with E-state index in [4.69, 9.17) is 22.1 Å². The minimum atomic E-state index is -4.73. The lowest BCUT2D eigenvalue weighted by molar-refractivity contribution is -0.274. The molecule has 9 heteroatoms. The number of rotatable bonds is 8. The summed E-state index contributed by atoms with van der Waals surface area (Å²) in [4.78, 5) is 5.40. The maximum Gasteiger partial charge on any atom is 0.573 e. The Bertz CT molecular complexity index is 1740. The molecule has 0 bridgehead atoms. The zero-order chi connectivity index (χ0) is 28.4. The smallest absolute Gasteiger partial charge is 0.496 e. The van der Waals surface area contributed by atoms with Gasteiger partial charge in [-0.05, 0) is 65.9 Å². The minimum Gasteiger partial charge on any atom is -0.496 e. The average Bonchev–Trinajstić information content (AvgIpc) is 3.25. The van der Waals surface area contributed by atoms with Crippen LogP contribution in [0.5, 0.6) is 11.5 Å². The molecule has 0 amide bonds. The molecule has 5 nitrogen and oxygen atoms in total. The van der Waals surface area contributed by atoms with Gasteiger partial charge in [-0.25, -0.2) is 0 Å². The van der Waals surface area contributed by atoms with Crippen LogP contribution >= 0.6 is 12.2 Å². The average molecular weight is 562 g/mol. The molecular formula is C31H26F3N3O2S. The summed E-state index contributed by atoms with van der Waals surface area (Å²) in [6, 6.07) is 21.8. The van der Waals surface area contributed by atoms with Gasteiger partial charge in [-0.1, -0.05) is 42.5 Å². The highest BCUT2D eigenvalue weighted by molar-refractivity contribution is 7.80. The lowest BCUT2D eigenvalue weighted by atomic mass is 10.0. The minimum absolute atomic E-state index is 0.266. The number of hydrogen-bond acceptors (Lipinski definition) is 5. The Balaban J connectivity index is 1.35. The standard InChI is InChI=1S/C31H26F3N3O2S/c1-19-5-4-6-28(38-3)27(19)16-24(40)18-35-17-20-7-13-25-22(15-20)10-14-26-29(25)36-37(2)30(26)21-8-11-23(12-9-21)39-31(32,33)34/h4-15,17H,16,18H2,1-3H3. The van der Waals surface area contributed by atoms with Crippen molar-refractivity contribution in [3.05, 3.63) is 89.5 Å². The molecule has 40 heavy (non-hydrogen) atoms. The van der Waals surface area contributed by atoms with Crippen molar-refractivity contribution >= 4 is 45.0 Å². The van der Waals surface area contributed by atoms with E-state index in [-0.39, 0.29) is 5.75 Å². The molecule has 4 aromatic carbocycles. The number of benzene rings is 4. The van der Waals surface area contributed by atoms with Gasteiger partial charge >= 0.3 is 6.36 Å². The van der Waals surface area contributed by atoms with E-state index in [2.05, 4.69) is 9.73 Å². The number of hydrogen-bond donors (Lipinski definition) is 0. The van der Waals surface area contributed by atoms with Crippen LogP contribution in [0, 0.1) is 6.92 Å². The molecule has 0 spiro atoms. The molecule has 1 heterocycles. The molecular weight excluding hydrogens is 535 g/mol. The number of thiocarbonyl (C=S) groups is 1. The molecule has 204 valence electrons. The van der Waals surface area contributed by atoms with Gasteiger partial charge in [-0.15, -0.1) is 13.2 Å².